The summed E-state index contributed by atoms with van der Waals surface area (Å²) in [6.07, 6.45) is 5.80. The number of nitrogens with one attached hydrogen (secondary N) is 1. The molecule has 2 aromatic heterocycles. The third kappa shape index (κ3) is 4.37. The van der Waals surface area contributed by atoms with E-state index in [0.29, 0.717) is 6.61 Å². The number of quaternary nitrogens is 1. The number of nitrogens with zero attached hydrogens (tertiary/aromatic N) is 3. The molecule has 0 radical (unpaired) electrons. The minimum absolute atomic E-state index is 0.636. The molecule has 0 saturated carbocycles. The van der Waals surface area contributed by atoms with Crippen LogP contribution in [0.4, 0.5) is 0 Å². The molecule has 7 heteroatoms. The third-order valence-electron chi connectivity index (χ3n) is 4.22. The number of hydrogen-bond acceptors (Lipinski definition) is 5. The van der Waals surface area contributed by atoms with Crippen LogP contribution < -0.4 is 4.90 Å². The van der Waals surface area contributed by atoms with Gasteiger partial charge in [-0.3, -0.25) is 4.57 Å². The Kier molecular flexibility index (Phi) is 6.13. The number of rotatable bonds is 8. The van der Waals surface area contributed by atoms with Gasteiger partial charge in [-0.05, 0) is 31.4 Å². The monoisotopic (exact) mass is 337 g/mol. The number of hydrogen-bond donors (Lipinski definition) is 1. The van der Waals surface area contributed by atoms with Crippen molar-refractivity contribution in [1.82, 2.24) is 14.8 Å². The molecule has 1 N–H and O–H groups in total. The summed E-state index contributed by atoms with van der Waals surface area (Å²) in [6, 6.07) is 3.79. The van der Waals surface area contributed by atoms with E-state index < -0.39 is 0 Å². The lowest BCUT2D eigenvalue weighted by atomic mass is 10.1. The van der Waals surface area contributed by atoms with Gasteiger partial charge in [0.15, 0.2) is 10.9 Å². The highest BCUT2D eigenvalue weighted by Gasteiger charge is 2.18. The third-order valence-corrected chi connectivity index (χ3v) is 5.19. The highest BCUT2D eigenvalue weighted by Crippen LogP contribution is 2.23. The van der Waals surface area contributed by atoms with Gasteiger partial charge in [-0.15, -0.1) is 10.2 Å². The van der Waals surface area contributed by atoms with Crippen molar-refractivity contribution < 1.29 is 14.1 Å². The molecule has 0 unspecified atom stereocenters. The van der Waals surface area contributed by atoms with Crippen molar-refractivity contribution in [2.45, 2.75) is 31.0 Å². The molecule has 3 heterocycles. The van der Waals surface area contributed by atoms with Crippen molar-refractivity contribution in [3.63, 3.8) is 0 Å². The molecular weight excluding hydrogens is 312 g/mol. The Morgan fingerprint density at radius 2 is 2.17 bits per heavy atom. The van der Waals surface area contributed by atoms with Gasteiger partial charge < -0.3 is 14.1 Å². The van der Waals surface area contributed by atoms with Gasteiger partial charge in [0.2, 0.25) is 5.82 Å². The molecule has 0 spiro atoms. The maximum atomic E-state index is 5.48. The van der Waals surface area contributed by atoms with E-state index in [1.165, 1.54) is 38.9 Å². The molecule has 6 nitrogen and oxygen atoms in total. The summed E-state index contributed by atoms with van der Waals surface area (Å²) in [4.78, 5) is 1.72. The van der Waals surface area contributed by atoms with Crippen molar-refractivity contribution in [2.24, 2.45) is 0 Å². The number of methoxy groups -OCH3 is 1. The first-order valence-electron chi connectivity index (χ1n) is 8.31. The Morgan fingerprint density at radius 3 is 2.91 bits per heavy atom. The molecule has 3 rings (SSSR count). The molecule has 23 heavy (non-hydrogen) atoms. The highest BCUT2D eigenvalue weighted by molar-refractivity contribution is 7.99. The van der Waals surface area contributed by atoms with E-state index in [-0.39, 0.29) is 0 Å². The average molecular weight is 337 g/mol. The Balaban J connectivity index is 1.63. The summed E-state index contributed by atoms with van der Waals surface area (Å²) >= 11 is 1.78. The summed E-state index contributed by atoms with van der Waals surface area (Å²) in [5, 5.41) is 9.62. The van der Waals surface area contributed by atoms with Crippen LogP contribution in [-0.4, -0.2) is 53.9 Å². The van der Waals surface area contributed by atoms with Gasteiger partial charge in [0.25, 0.3) is 0 Å². The SMILES string of the molecule is COCCn1c(SCC[NH+]2CCCCC2)nnc1-c1ccco1. The molecule has 0 aliphatic carbocycles. The molecule has 0 amide bonds. The van der Waals surface area contributed by atoms with E-state index in [1.807, 2.05) is 12.1 Å². The van der Waals surface area contributed by atoms with Crippen LogP contribution in [-0.2, 0) is 11.3 Å². The Hall–Kier alpha value is -1.31. The molecule has 0 atom stereocenters. The maximum Gasteiger partial charge on any atom is 0.200 e. The van der Waals surface area contributed by atoms with Crippen LogP contribution in [0.15, 0.2) is 28.0 Å². The van der Waals surface area contributed by atoms with Gasteiger partial charge in [0, 0.05) is 7.11 Å². The van der Waals surface area contributed by atoms with Crippen molar-refractivity contribution >= 4 is 11.8 Å². The number of aromatic nitrogens is 3. The van der Waals surface area contributed by atoms with Crippen molar-refractivity contribution in [2.75, 3.05) is 39.1 Å². The van der Waals surface area contributed by atoms with Crippen LogP contribution in [0.25, 0.3) is 11.6 Å². The van der Waals surface area contributed by atoms with E-state index in [0.717, 1.165) is 29.0 Å². The zero-order valence-electron chi connectivity index (χ0n) is 13.7. The fourth-order valence-corrected chi connectivity index (χ4v) is 3.96. The van der Waals surface area contributed by atoms with Crippen molar-refractivity contribution in [3.8, 4) is 11.6 Å². The average Bonchev–Trinajstić information content (AvgIpc) is 3.23. The predicted molar refractivity (Wildman–Crippen MR) is 89.7 cm³/mol. The van der Waals surface area contributed by atoms with Gasteiger partial charge in [-0.2, -0.15) is 0 Å². The predicted octanol–water partition coefficient (Wildman–Crippen LogP) is 1.35. The van der Waals surface area contributed by atoms with Crippen LogP contribution in [0, 0.1) is 0 Å². The second-order valence-corrected chi connectivity index (χ2v) is 6.90. The van der Waals surface area contributed by atoms with Gasteiger partial charge in [0.05, 0.1) is 44.8 Å². The van der Waals surface area contributed by atoms with Gasteiger partial charge >= 0.3 is 0 Å². The van der Waals surface area contributed by atoms with Crippen LogP contribution in [0.3, 0.4) is 0 Å². The van der Waals surface area contributed by atoms with E-state index in [1.54, 1.807) is 30.0 Å². The molecule has 2 aromatic rings. The number of furan rings is 1. The standard InChI is InChI=1S/C16H24N4O2S/c1-21-12-9-20-15(14-6-5-11-22-14)17-18-16(20)23-13-10-19-7-3-2-4-8-19/h5-6,11H,2-4,7-10,12-13H2,1H3/p+1. The number of ether oxygens (including phenoxy) is 1. The first-order valence-corrected chi connectivity index (χ1v) is 9.29. The van der Waals surface area contributed by atoms with Gasteiger partial charge in [0.1, 0.15) is 0 Å². The minimum atomic E-state index is 0.636. The van der Waals surface area contributed by atoms with Crippen LogP contribution in [0.2, 0.25) is 0 Å². The van der Waals surface area contributed by atoms with E-state index in [2.05, 4.69) is 14.8 Å². The molecular formula is C16H25N4O2S+. The van der Waals surface area contributed by atoms with E-state index in [9.17, 15) is 0 Å². The summed E-state index contributed by atoms with van der Waals surface area (Å²) < 4.78 is 12.8. The second-order valence-electron chi connectivity index (χ2n) is 5.84. The fourth-order valence-electron chi connectivity index (χ4n) is 2.96. The van der Waals surface area contributed by atoms with Crippen LogP contribution in [0.5, 0.6) is 0 Å². The van der Waals surface area contributed by atoms with Crippen molar-refractivity contribution in [1.29, 1.82) is 0 Å². The molecule has 126 valence electrons. The van der Waals surface area contributed by atoms with E-state index >= 15 is 0 Å². The normalized spacial score (nSPS) is 16.0. The topological polar surface area (TPSA) is 57.5 Å². The van der Waals surface area contributed by atoms with Gasteiger partial charge in [-0.25, -0.2) is 0 Å². The molecule has 0 aromatic carbocycles. The lowest BCUT2D eigenvalue weighted by molar-refractivity contribution is -0.902. The second kappa shape index (κ2) is 8.52. The minimum Gasteiger partial charge on any atom is -0.461 e. The molecule has 1 saturated heterocycles. The zero-order chi connectivity index (χ0) is 15.9. The first kappa shape index (κ1) is 16.5. The highest BCUT2D eigenvalue weighted by atomic mass is 32.2. The summed E-state index contributed by atoms with van der Waals surface area (Å²) in [6.45, 7) is 5.19. The van der Waals surface area contributed by atoms with Crippen LogP contribution >= 0.6 is 11.8 Å². The van der Waals surface area contributed by atoms with Gasteiger partial charge in [-0.1, -0.05) is 11.8 Å². The Morgan fingerprint density at radius 1 is 1.30 bits per heavy atom. The molecule has 1 aliphatic heterocycles. The quantitative estimate of drug-likeness (QED) is 0.737. The Labute approximate surface area is 141 Å². The molecule has 0 bridgehead atoms. The van der Waals surface area contributed by atoms with E-state index in [4.69, 9.17) is 9.15 Å². The molecule has 1 aliphatic rings. The maximum absolute atomic E-state index is 5.48. The summed E-state index contributed by atoms with van der Waals surface area (Å²) in [5.74, 6) is 2.60. The number of piperidine rings is 1. The summed E-state index contributed by atoms with van der Waals surface area (Å²) in [5.41, 5.74) is 0. The number of thioether (sulfide) groups is 1. The van der Waals surface area contributed by atoms with Crippen LogP contribution in [0.1, 0.15) is 19.3 Å². The zero-order valence-corrected chi connectivity index (χ0v) is 14.5. The number of likely N-dealkylation sites (tertiary alicyclic amines) is 1. The van der Waals surface area contributed by atoms with Crippen molar-refractivity contribution in [3.05, 3.63) is 18.4 Å². The molecule has 1 fully saturated rings. The first-order chi connectivity index (χ1) is 11.4. The lowest BCUT2D eigenvalue weighted by Gasteiger charge is -2.23. The summed E-state index contributed by atoms with van der Waals surface area (Å²) in [7, 11) is 1.71. The Bertz CT molecular complexity index is 579. The largest absolute Gasteiger partial charge is 0.461 e. The lowest BCUT2D eigenvalue weighted by Crippen LogP contribution is -3.13. The smallest absolute Gasteiger partial charge is 0.200 e. The fraction of sp³-hybridized carbons (Fsp3) is 0.625.